The summed E-state index contributed by atoms with van der Waals surface area (Å²) < 4.78 is 1.71. The number of hydrogen-bond acceptors (Lipinski definition) is 2. The fourth-order valence-electron chi connectivity index (χ4n) is 3.37. The van der Waals surface area contributed by atoms with Crippen LogP contribution in [0.4, 0.5) is 0 Å². The number of carboxylic acid groups (broad SMARTS) is 1. The van der Waals surface area contributed by atoms with Crippen molar-refractivity contribution in [1.29, 1.82) is 0 Å². The van der Waals surface area contributed by atoms with E-state index in [0.29, 0.717) is 0 Å². The summed E-state index contributed by atoms with van der Waals surface area (Å²) in [5, 5.41) is 9.19. The Balaban J connectivity index is 2.16. The van der Waals surface area contributed by atoms with Crippen LogP contribution in [0.5, 0.6) is 0 Å². The van der Waals surface area contributed by atoms with E-state index in [1.807, 2.05) is 6.07 Å². The Morgan fingerprint density at radius 1 is 1.40 bits per heavy atom. The minimum Gasteiger partial charge on any atom is -0.477 e. The van der Waals surface area contributed by atoms with Gasteiger partial charge in [0.2, 0.25) is 0 Å². The standard InChI is InChI=1S/C16H18N2O2/c1-16(2)8-10-6-4-5-7-11(10)13(16)14-17-9-12(15(19)20)18(14)3/h4-7,9,13H,8H2,1-3H3,(H,19,20). The van der Waals surface area contributed by atoms with Crippen LogP contribution in [0.1, 0.15) is 47.2 Å². The van der Waals surface area contributed by atoms with Crippen molar-refractivity contribution in [3.05, 3.63) is 53.1 Å². The molecule has 1 aliphatic rings. The Kier molecular flexibility index (Phi) is 2.71. The molecule has 4 heteroatoms. The molecule has 1 atom stereocenters. The summed E-state index contributed by atoms with van der Waals surface area (Å²) >= 11 is 0. The van der Waals surface area contributed by atoms with Crippen LogP contribution in [0.2, 0.25) is 0 Å². The third-order valence-corrected chi connectivity index (χ3v) is 4.30. The zero-order valence-corrected chi connectivity index (χ0v) is 11.9. The highest BCUT2D eigenvalue weighted by Gasteiger charge is 2.42. The summed E-state index contributed by atoms with van der Waals surface area (Å²) in [5.41, 5.74) is 2.88. The van der Waals surface area contributed by atoms with Crippen LogP contribution in [-0.2, 0) is 13.5 Å². The molecular formula is C16H18N2O2. The summed E-state index contributed by atoms with van der Waals surface area (Å²) in [7, 11) is 1.78. The van der Waals surface area contributed by atoms with E-state index in [1.165, 1.54) is 17.3 Å². The van der Waals surface area contributed by atoms with Crippen LogP contribution in [0.15, 0.2) is 30.5 Å². The number of fused-ring (bicyclic) bond motifs is 1. The smallest absolute Gasteiger partial charge is 0.354 e. The van der Waals surface area contributed by atoms with Crippen molar-refractivity contribution in [3.63, 3.8) is 0 Å². The number of nitrogens with zero attached hydrogens (tertiary/aromatic N) is 2. The van der Waals surface area contributed by atoms with Gasteiger partial charge in [-0.05, 0) is 23.0 Å². The van der Waals surface area contributed by atoms with E-state index in [1.54, 1.807) is 11.6 Å². The van der Waals surface area contributed by atoms with Crippen molar-refractivity contribution in [1.82, 2.24) is 9.55 Å². The molecule has 1 aliphatic carbocycles. The van der Waals surface area contributed by atoms with Crippen LogP contribution in [-0.4, -0.2) is 20.6 Å². The van der Waals surface area contributed by atoms with Gasteiger partial charge in [0.1, 0.15) is 11.5 Å². The molecule has 1 aromatic carbocycles. The lowest BCUT2D eigenvalue weighted by atomic mass is 9.79. The third kappa shape index (κ3) is 1.75. The Bertz CT molecular complexity index is 686. The monoisotopic (exact) mass is 270 g/mol. The number of carbonyl (C=O) groups is 1. The number of imidazole rings is 1. The maximum absolute atomic E-state index is 11.2. The minimum atomic E-state index is -0.935. The number of aromatic carboxylic acids is 1. The van der Waals surface area contributed by atoms with Crippen LogP contribution in [0.25, 0.3) is 0 Å². The summed E-state index contributed by atoms with van der Waals surface area (Å²) in [6.07, 6.45) is 2.44. The van der Waals surface area contributed by atoms with E-state index in [9.17, 15) is 9.90 Å². The summed E-state index contributed by atoms with van der Waals surface area (Å²) in [6.45, 7) is 4.43. The predicted octanol–water partition coefficient (Wildman–Crippen LogP) is 2.83. The van der Waals surface area contributed by atoms with E-state index in [2.05, 4.69) is 37.0 Å². The first-order chi connectivity index (χ1) is 9.42. The van der Waals surface area contributed by atoms with Gasteiger partial charge in [0.15, 0.2) is 0 Å². The highest BCUT2D eigenvalue weighted by molar-refractivity contribution is 5.85. The zero-order valence-electron chi connectivity index (χ0n) is 11.9. The molecule has 0 fully saturated rings. The average Bonchev–Trinajstić information content (AvgIpc) is 2.85. The third-order valence-electron chi connectivity index (χ3n) is 4.30. The normalized spacial score (nSPS) is 19.9. The van der Waals surface area contributed by atoms with Crippen LogP contribution >= 0.6 is 0 Å². The topological polar surface area (TPSA) is 55.1 Å². The first kappa shape index (κ1) is 12.9. The average molecular weight is 270 g/mol. The van der Waals surface area contributed by atoms with Crippen molar-refractivity contribution < 1.29 is 9.90 Å². The summed E-state index contributed by atoms with van der Waals surface area (Å²) in [5.74, 6) is 0.0319. The maximum atomic E-state index is 11.2. The highest BCUT2D eigenvalue weighted by atomic mass is 16.4. The molecular weight excluding hydrogens is 252 g/mol. The second-order valence-corrected chi connectivity index (χ2v) is 6.16. The molecule has 4 nitrogen and oxygen atoms in total. The lowest BCUT2D eigenvalue weighted by molar-refractivity contribution is 0.0686. The Morgan fingerprint density at radius 3 is 2.75 bits per heavy atom. The molecule has 0 saturated carbocycles. The first-order valence-corrected chi connectivity index (χ1v) is 6.74. The molecule has 1 N–H and O–H groups in total. The zero-order chi connectivity index (χ0) is 14.5. The fourth-order valence-corrected chi connectivity index (χ4v) is 3.37. The van der Waals surface area contributed by atoms with Gasteiger partial charge in [0.05, 0.1) is 6.20 Å². The molecule has 1 aromatic heterocycles. The van der Waals surface area contributed by atoms with Gasteiger partial charge in [-0.1, -0.05) is 38.1 Å². The largest absolute Gasteiger partial charge is 0.477 e. The van der Waals surface area contributed by atoms with Gasteiger partial charge < -0.3 is 9.67 Å². The van der Waals surface area contributed by atoms with Gasteiger partial charge in [-0.25, -0.2) is 9.78 Å². The van der Waals surface area contributed by atoms with Crippen molar-refractivity contribution in [3.8, 4) is 0 Å². The lowest BCUT2D eigenvalue weighted by Crippen LogP contribution is -2.22. The molecule has 0 saturated heterocycles. The van der Waals surface area contributed by atoms with E-state index >= 15 is 0 Å². The minimum absolute atomic E-state index is 0.0403. The Hall–Kier alpha value is -2.10. The molecule has 0 radical (unpaired) electrons. The van der Waals surface area contributed by atoms with Crippen LogP contribution < -0.4 is 0 Å². The van der Waals surface area contributed by atoms with Gasteiger partial charge in [-0.2, -0.15) is 0 Å². The van der Waals surface area contributed by atoms with Gasteiger partial charge in [-0.15, -0.1) is 0 Å². The molecule has 1 unspecified atom stereocenters. The SMILES string of the molecule is Cn1c(C(=O)O)cnc1C1c2ccccc2CC1(C)C. The van der Waals surface area contributed by atoms with E-state index in [4.69, 9.17) is 0 Å². The molecule has 2 aromatic rings. The quantitative estimate of drug-likeness (QED) is 0.913. The molecule has 20 heavy (non-hydrogen) atoms. The van der Waals surface area contributed by atoms with Crippen LogP contribution in [0.3, 0.4) is 0 Å². The van der Waals surface area contributed by atoms with E-state index < -0.39 is 5.97 Å². The molecule has 3 rings (SSSR count). The number of benzene rings is 1. The lowest BCUT2D eigenvalue weighted by Gasteiger charge is -2.27. The number of aromatic nitrogens is 2. The van der Waals surface area contributed by atoms with Gasteiger partial charge in [0.25, 0.3) is 0 Å². The predicted molar refractivity (Wildman–Crippen MR) is 75.9 cm³/mol. The highest BCUT2D eigenvalue weighted by Crippen LogP contribution is 2.49. The summed E-state index contributed by atoms with van der Waals surface area (Å²) in [6, 6.07) is 8.37. The molecule has 0 aliphatic heterocycles. The van der Waals surface area contributed by atoms with Gasteiger partial charge in [-0.3, -0.25) is 0 Å². The van der Waals surface area contributed by atoms with Crippen molar-refractivity contribution in [2.24, 2.45) is 12.5 Å². The van der Waals surface area contributed by atoms with Gasteiger partial charge >= 0.3 is 5.97 Å². The second-order valence-electron chi connectivity index (χ2n) is 6.16. The molecule has 0 bridgehead atoms. The van der Waals surface area contributed by atoms with Crippen molar-refractivity contribution in [2.75, 3.05) is 0 Å². The molecule has 0 amide bonds. The molecule has 1 heterocycles. The van der Waals surface area contributed by atoms with Gasteiger partial charge in [0, 0.05) is 13.0 Å². The number of rotatable bonds is 2. The maximum Gasteiger partial charge on any atom is 0.354 e. The number of carboxylic acids is 1. The van der Waals surface area contributed by atoms with E-state index in [-0.39, 0.29) is 17.0 Å². The van der Waals surface area contributed by atoms with Crippen molar-refractivity contribution in [2.45, 2.75) is 26.2 Å². The Morgan fingerprint density at radius 2 is 2.10 bits per heavy atom. The second kappa shape index (κ2) is 4.20. The molecule has 104 valence electrons. The fraction of sp³-hybridized carbons (Fsp3) is 0.375. The van der Waals surface area contributed by atoms with Crippen LogP contribution in [0, 0.1) is 5.41 Å². The number of hydrogen-bond donors (Lipinski definition) is 1. The molecule has 0 spiro atoms. The first-order valence-electron chi connectivity index (χ1n) is 6.74. The van der Waals surface area contributed by atoms with E-state index in [0.717, 1.165) is 12.2 Å². The Labute approximate surface area is 118 Å². The summed E-state index contributed by atoms with van der Waals surface area (Å²) in [4.78, 5) is 15.6. The van der Waals surface area contributed by atoms with Crippen molar-refractivity contribution >= 4 is 5.97 Å².